The zero-order chi connectivity index (χ0) is 18.2. The number of aromatic nitrogens is 4. The lowest BCUT2D eigenvalue weighted by molar-refractivity contribution is 0.631. The molecule has 4 heterocycles. The quantitative estimate of drug-likeness (QED) is 0.446. The monoisotopic (exact) mass is 352 g/mol. The number of rotatable bonds is 2. The topological polar surface area (TPSA) is 51.6 Å². The lowest BCUT2D eigenvalue weighted by Gasteiger charge is -2.12. The van der Waals surface area contributed by atoms with Crippen LogP contribution in [0.1, 0.15) is 0 Å². The molecule has 0 saturated heterocycles. The molecule has 128 valence electrons. The second kappa shape index (κ2) is 6.21. The second-order valence-electron chi connectivity index (χ2n) is 6.19. The molecule has 5 heteroatoms. The zero-order valence-electron chi connectivity index (χ0n) is 14.2. The van der Waals surface area contributed by atoms with Crippen LogP contribution in [0.15, 0.2) is 79.5 Å². The van der Waals surface area contributed by atoms with Crippen molar-refractivity contribution in [3.63, 3.8) is 0 Å². The Morgan fingerprint density at radius 1 is 0.704 bits per heavy atom. The van der Waals surface area contributed by atoms with Gasteiger partial charge in [-0.2, -0.15) is 0 Å². The molecule has 0 atom stereocenters. The largest absolute Gasteiger partial charge is 0.264 e. The minimum atomic E-state index is -0.313. The number of halogens is 1. The van der Waals surface area contributed by atoms with Crippen LogP contribution in [-0.2, 0) is 0 Å². The van der Waals surface area contributed by atoms with E-state index < -0.39 is 0 Å². The standard InChI is InChI=1S/C22H13FN4/c23-20-6-2-1-4-17(20)21-10-18(16-5-3-8-26-22(16)27-21)19-13-25-12-14-11-24-9-7-15(14)19/h1-13H. The van der Waals surface area contributed by atoms with Crippen molar-refractivity contribution in [3.05, 3.63) is 85.3 Å². The Kier molecular flexibility index (Phi) is 3.57. The van der Waals surface area contributed by atoms with E-state index in [9.17, 15) is 4.39 Å². The van der Waals surface area contributed by atoms with Crippen LogP contribution in [0, 0.1) is 5.82 Å². The molecular formula is C22H13FN4. The SMILES string of the molecule is Fc1ccccc1-c1cc(-c2cncc3cnccc23)c2cccnc2n1. The molecule has 0 bridgehead atoms. The summed E-state index contributed by atoms with van der Waals surface area (Å²) in [5.41, 5.74) is 3.41. The summed E-state index contributed by atoms with van der Waals surface area (Å²) in [6.07, 6.45) is 8.83. The molecule has 4 aromatic heterocycles. The summed E-state index contributed by atoms with van der Waals surface area (Å²) in [6, 6.07) is 14.3. The summed E-state index contributed by atoms with van der Waals surface area (Å²) in [7, 11) is 0. The highest BCUT2D eigenvalue weighted by Crippen LogP contribution is 2.35. The van der Waals surface area contributed by atoms with E-state index in [0.29, 0.717) is 16.9 Å². The highest BCUT2D eigenvalue weighted by atomic mass is 19.1. The lowest BCUT2D eigenvalue weighted by atomic mass is 9.97. The molecule has 0 aliphatic carbocycles. The highest BCUT2D eigenvalue weighted by Gasteiger charge is 2.14. The van der Waals surface area contributed by atoms with Crippen LogP contribution in [0.3, 0.4) is 0 Å². The first-order chi connectivity index (χ1) is 13.3. The van der Waals surface area contributed by atoms with Gasteiger partial charge in [-0.3, -0.25) is 9.97 Å². The maximum atomic E-state index is 14.4. The molecule has 4 nitrogen and oxygen atoms in total. The molecule has 0 radical (unpaired) electrons. The fraction of sp³-hybridized carbons (Fsp3) is 0. The fourth-order valence-electron chi connectivity index (χ4n) is 3.32. The number of benzene rings is 1. The third kappa shape index (κ3) is 2.60. The Bertz CT molecular complexity index is 1290. The average Bonchev–Trinajstić information content (AvgIpc) is 2.73. The van der Waals surface area contributed by atoms with E-state index in [1.165, 1.54) is 6.07 Å². The van der Waals surface area contributed by atoms with Gasteiger partial charge in [0.05, 0.1) is 5.69 Å². The van der Waals surface area contributed by atoms with Crippen molar-refractivity contribution in [2.24, 2.45) is 0 Å². The summed E-state index contributed by atoms with van der Waals surface area (Å²) in [5, 5.41) is 2.86. The van der Waals surface area contributed by atoms with Gasteiger partial charge in [-0.15, -0.1) is 0 Å². The smallest absolute Gasteiger partial charge is 0.160 e. The van der Waals surface area contributed by atoms with Crippen molar-refractivity contribution in [2.75, 3.05) is 0 Å². The van der Waals surface area contributed by atoms with Gasteiger partial charge in [0.1, 0.15) is 5.82 Å². The summed E-state index contributed by atoms with van der Waals surface area (Å²) in [5.74, 6) is -0.313. The Labute approximate surface area is 154 Å². The predicted octanol–water partition coefficient (Wildman–Crippen LogP) is 5.05. The molecule has 27 heavy (non-hydrogen) atoms. The summed E-state index contributed by atoms with van der Waals surface area (Å²) >= 11 is 0. The molecular weight excluding hydrogens is 339 g/mol. The van der Waals surface area contributed by atoms with Gasteiger partial charge in [-0.25, -0.2) is 14.4 Å². The van der Waals surface area contributed by atoms with Gasteiger partial charge >= 0.3 is 0 Å². The zero-order valence-corrected chi connectivity index (χ0v) is 14.2. The van der Waals surface area contributed by atoms with Crippen LogP contribution in [0.4, 0.5) is 4.39 Å². The van der Waals surface area contributed by atoms with Gasteiger partial charge in [0.2, 0.25) is 0 Å². The Morgan fingerprint density at radius 3 is 2.52 bits per heavy atom. The molecule has 0 aliphatic rings. The normalized spacial score (nSPS) is 11.1. The first-order valence-corrected chi connectivity index (χ1v) is 8.50. The van der Waals surface area contributed by atoms with Gasteiger partial charge in [0, 0.05) is 52.9 Å². The first-order valence-electron chi connectivity index (χ1n) is 8.50. The third-order valence-electron chi connectivity index (χ3n) is 4.58. The highest BCUT2D eigenvalue weighted by molar-refractivity contribution is 6.04. The first kappa shape index (κ1) is 15.5. The molecule has 5 rings (SSSR count). The van der Waals surface area contributed by atoms with E-state index in [-0.39, 0.29) is 5.82 Å². The molecule has 0 spiro atoms. The van der Waals surface area contributed by atoms with Crippen molar-refractivity contribution in [2.45, 2.75) is 0 Å². The Morgan fingerprint density at radius 2 is 1.59 bits per heavy atom. The van der Waals surface area contributed by atoms with E-state index in [0.717, 1.165) is 27.3 Å². The molecule has 0 saturated carbocycles. The minimum absolute atomic E-state index is 0.313. The van der Waals surface area contributed by atoms with Crippen LogP contribution >= 0.6 is 0 Å². The van der Waals surface area contributed by atoms with E-state index in [1.54, 1.807) is 43.0 Å². The summed E-state index contributed by atoms with van der Waals surface area (Å²) < 4.78 is 14.4. The van der Waals surface area contributed by atoms with Gasteiger partial charge in [0.25, 0.3) is 0 Å². The van der Waals surface area contributed by atoms with E-state index in [1.807, 2.05) is 30.5 Å². The molecule has 0 fully saturated rings. The number of fused-ring (bicyclic) bond motifs is 2. The van der Waals surface area contributed by atoms with Crippen molar-refractivity contribution < 1.29 is 4.39 Å². The average molecular weight is 352 g/mol. The van der Waals surface area contributed by atoms with E-state index >= 15 is 0 Å². The van der Waals surface area contributed by atoms with Crippen LogP contribution < -0.4 is 0 Å². The molecule has 0 aliphatic heterocycles. The van der Waals surface area contributed by atoms with E-state index in [4.69, 9.17) is 0 Å². The number of hydrogen-bond donors (Lipinski definition) is 0. The Balaban J connectivity index is 1.87. The minimum Gasteiger partial charge on any atom is -0.264 e. The maximum absolute atomic E-state index is 14.4. The molecule has 0 unspecified atom stereocenters. The number of nitrogens with zero attached hydrogens (tertiary/aromatic N) is 4. The van der Waals surface area contributed by atoms with Crippen molar-refractivity contribution >= 4 is 21.8 Å². The maximum Gasteiger partial charge on any atom is 0.160 e. The fourth-order valence-corrected chi connectivity index (χ4v) is 3.32. The molecule has 0 amide bonds. The van der Waals surface area contributed by atoms with Gasteiger partial charge < -0.3 is 0 Å². The third-order valence-corrected chi connectivity index (χ3v) is 4.58. The van der Waals surface area contributed by atoms with Crippen LogP contribution in [-0.4, -0.2) is 19.9 Å². The van der Waals surface area contributed by atoms with E-state index in [2.05, 4.69) is 19.9 Å². The number of hydrogen-bond acceptors (Lipinski definition) is 4. The van der Waals surface area contributed by atoms with Crippen LogP contribution in [0.25, 0.3) is 44.2 Å². The van der Waals surface area contributed by atoms with Gasteiger partial charge in [-0.1, -0.05) is 12.1 Å². The molecule has 1 aromatic carbocycles. The molecule has 0 N–H and O–H groups in total. The number of pyridine rings is 4. The lowest BCUT2D eigenvalue weighted by Crippen LogP contribution is -1.94. The second-order valence-corrected chi connectivity index (χ2v) is 6.19. The summed E-state index contributed by atoms with van der Waals surface area (Å²) in [4.78, 5) is 17.5. The van der Waals surface area contributed by atoms with Gasteiger partial charge in [-0.05, 0) is 47.3 Å². The van der Waals surface area contributed by atoms with Crippen molar-refractivity contribution in [3.8, 4) is 22.4 Å². The summed E-state index contributed by atoms with van der Waals surface area (Å²) in [6.45, 7) is 0. The van der Waals surface area contributed by atoms with Crippen molar-refractivity contribution in [1.29, 1.82) is 0 Å². The molecule has 5 aromatic rings. The van der Waals surface area contributed by atoms with Crippen LogP contribution in [0.5, 0.6) is 0 Å². The van der Waals surface area contributed by atoms with Gasteiger partial charge in [0.15, 0.2) is 5.65 Å². The van der Waals surface area contributed by atoms with Crippen molar-refractivity contribution in [1.82, 2.24) is 19.9 Å². The predicted molar refractivity (Wildman–Crippen MR) is 103 cm³/mol. The van der Waals surface area contributed by atoms with Crippen LogP contribution in [0.2, 0.25) is 0 Å². The Hall–Kier alpha value is -3.73.